The summed E-state index contributed by atoms with van der Waals surface area (Å²) in [5.74, 6) is -1.07. The predicted octanol–water partition coefficient (Wildman–Crippen LogP) is 3.72. The minimum Gasteiger partial charge on any atom is -0.492 e. The largest absolute Gasteiger partial charge is 0.492 e. The van der Waals surface area contributed by atoms with Crippen LogP contribution in [0.25, 0.3) is 10.9 Å². The van der Waals surface area contributed by atoms with Gasteiger partial charge < -0.3 is 14.8 Å². The van der Waals surface area contributed by atoms with E-state index in [4.69, 9.17) is 9.47 Å². The fourth-order valence-corrected chi connectivity index (χ4v) is 4.96. The van der Waals surface area contributed by atoms with Crippen molar-refractivity contribution in [3.05, 3.63) is 60.3 Å². The summed E-state index contributed by atoms with van der Waals surface area (Å²) in [5.41, 5.74) is 1.36. The van der Waals surface area contributed by atoms with E-state index in [0.717, 1.165) is 16.5 Å². The van der Waals surface area contributed by atoms with E-state index in [2.05, 4.69) is 15.0 Å². The molecule has 1 aromatic heterocycles. The molecule has 38 heavy (non-hydrogen) atoms. The van der Waals surface area contributed by atoms with Crippen LogP contribution in [0.15, 0.2) is 59.6 Å². The summed E-state index contributed by atoms with van der Waals surface area (Å²) in [5, 5.41) is 13.0. The van der Waals surface area contributed by atoms with Crippen LogP contribution in [0.3, 0.4) is 0 Å². The van der Waals surface area contributed by atoms with Crippen molar-refractivity contribution in [2.75, 3.05) is 11.9 Å². The van der Waals surface area contributed by atoms with Gasteiger partial charge in [-0.2, -0.15) is 9.98 Å². The number of esters is 1. The molecule has 3 rings (SSSR count). The number of nitriles is 1. The first-order valence-corrected chi connectivity index (χ1v) is 13.4. The number of hydrogen-bond donors (Lipinski definition) is 2. The van der Waals surface area contributed by atoms with Crippen LogP contribution < -0.4 is 14.8 Å². The summed E-state index contributed by atoms with van der Waals surface area (Å²) in [7, 11) is -4.29. The lowest BCUT2D eigenvalue weighted by Gasteiger charge is -2.21. The Labute approximate surface area is 222 Å². The molecular formula is C27H30N4O6S. The number of ether oxygens (including phenoxy) is 2. The van der Waals surface area contributed by atoms with E-state index in [1.165, 1.54) is 25.1 Å². The summed E-state index contributed by atoms with van der Waals surface area (Å²) < 4.78 is 39.8. The summed E-state index contributed by atoms with van der Waals surface area (Å²) >= 11 is 0. The van der Waals surface area contributed by atoms with Crippen molar-refractivity contribution in [2.24, 2.45) is 0 Å². The van der Waals surface area contributed by atoms with Crippen LogP contribution in [0.5, 0.6) is 5.75 Å². The number of benzene rings is 2. The van der Waals surface area contributed by atoms with E-state index in [1.807, 2.05) is 30.3 Å². The van der Waals surface area contributed by atoms with Gasteiger partial charge in [0.1, 0.15) is 22.3 Å². The molecule has 0 radical (unpaired) electrons. The van der Waals surface area contributed by atoms with Gasteiger partial charge in [-0.15, -0.1) is 0 Å². The molecule has 0 fully saturated rings. The van der Waals surface area contributed by atoms with Crippen LogP contribution in [0, 0.1) is 11.3 Å². The number of sulfonamides is 1. The maximum atomic E-state index is 13.2. The van der Waals surface area contributed by atoms with Gasteiger partial charge in [-0.1, -0.05) is 18.2 Å². The minimum absolute atomic E-state index is 0.0175. The molecule has 0 aliphatic carbocycles. The molecule has 10 nitrogen and oxygen atoms in total. The third-order valence-electron chi connectivity index (χ3n) is 5.16. The Morgan fingerprint density at radius 2 is 1.89 bits per heavy atom. The van der Waals surface area contributed by atoms with Gasteiger partial charge in [-0.05, 0) is 50.6 Å². The Morgan fingerprint density at radius 3 is 2.58 bits per heavy atom. The molecule has 1 unspecified atom stereocenters. The maximum absolute atomic E-state index is 13.2. The molecule has 2 N–H and O–H groups in total. The van der Waals surface area contributed by atoms with Crippen LogP contribution in [0.2, 0.25) is 0 Å². The van der Waals surface area contributed by atoms with E-state index in [-0.39, 0.29) is 23.2 Å². The summed E-state index contributed by atoms with van der Waals surface area (Å²) in [4.78, 5) is 27.8. The number of pyridine rings is 1. The molecule has 0 bridgehead atoms. The standard InChI is InChI=1S/C27H30N4O6S/c1-18(32)30-20-10-11-25(38(34,35)31-21(17-28)16-26(33)37-27(2,3)4)24(15-20)36-14-12-19-7-5-9-23-22(19)8-6-13-29-23/h5-11,13,15,21,31H,12,14,16H2,1-4H3,(H,30,32). The summed E-state index contributed by atoms with van der Waals surface area (Å²) in [6.07, 6.45) is 1.69. The number of hydrogen-bond acceptors (Lipinski definition) is 8. The highest BCUT2D eigenvalue weighted by Crippen LogP contribution is 2.29. The quantitative estimate of drug-likeness (QED) is 0.371. The van der Waals surface area contributed by atoms with Crippen LogP contribution >= 0.6 is 0 Å². The van der Waals surface area contributed by atoms with Crippen LogP contribution in [0.1, 0.15) is 39.7 Å². The molecule has 0 saturated heterocycles. The number of aromatic nitrogens is 1. The fraction of sp³-hybridized carbons (Fsp3) is 0.333. The van der Waals surface area contributed by atoms with E-state index in [0.29, 0.717) is 12.1 Å². The second-order valence-corrected chi connectivity index (χ2v) is 11.2. The van der Waals surface area contributed by atoms with Gasteiger partial charge in [-0.25, -0.2) is 8.42 Å². The van der Waals surface area contributed by atoms with Crippen molar-refractivity contribution in [1.82, 2.24) is 9.71 Å². The minimum atomic E-state index is -4.29. The summed E-state index contributed by atoms with van der Waals surface area (Å²) in [6.45, 7) is 6.47. The second-order valence-electron chi connectivity index (χ2n) is 9.52. The van der Waals surface area contributed by atoms with Crippen LogP contribution in [-0.2, 0) is 30.8 Å². The van der Waals surface area contributed by atoms with E-state index >= 15 is 0 Å². The number of amides is 1. The zero-order valence-corrected chi connectivity index (χ0v) is 22.5. The molecule has 0 saturated carbocycles. The molecule has 0 spiro atoms. The van der Waals surface area contributed by atoms with Crippen molar-refractivity contribution in [2.45, 2.75) is 57.1 Å². The lowest BCUT2D eigenvalue weighted by Crippen LogP contribution is -2.37. The molecule has 1 atom stereocenters. The zero-order chi connectivity index (χ0) is 27.9. The molecule has 0 aliphatic heterocycles. The van der Waals surface area contributed by atoms with Gasteiger partial charge in [0.05, 0.1) is 24.6 Å². The van der Waals surface area contributed by atoms with Gasteiger partial charge in [0.25, 0.3) is 0 Å². The fourth-order valence-electron chi connectivity index (χ4n) is 3.69. The van der Waals surface area contributed by atoms with Crippen molar-refractivity contribution < 1.29 is 27.5 Å². The molecule has 0 aliphatic rings. The zero-order valence-electron chi connectivity index (χ0n) is 21.6. The normalized spacial score (nSPS) is 12.4. The number of anilines is 1. The molecule has 1 heterocycles. The second kappa shape index (κ2) is 12.0. The van der Waals surface area contributed by atoms with E-state index < -0.39 is 34.1 Å². The Morgan fingerprint density at radius 1 is 1.13 bits per heavy atom. The van der Waals surface area contributed by atoms with Gasteiger partial charge >= 0.3 is 5.97 Å². The first-order chi connectivity index (χ1) is 17.9. The molecule has 11 heteroatoms. The van der Waals surface area contributed by atoms with Crippen molar-refractivity contribution >= 4 is 38.5 Å². The van der Waals surface area contributed by atoms with Crippen molar-refractivity contribution in [3.63, 3.8) is 0 Å². The average molecular weight is 539 g/mol. The Balaban J connectivity index is 1.83. The van der Waals surface area contributed by atoms with Gasteiger partial charge in [-0.3, -0.25) is 14.6 Å². The highest BCUT2D eigenvalue weighted by Gasteiger charge is 2.27. The first-order valence-electron chi connectivity index (χ1n) is 11.9. The molecule has 200 valence electrons. The predicted molar refractivity (Wildman–Crippen MR) is 142 cm³/mol. The monoisotopic (exact) mass is 538 g/mol. The number of nitrogens with zero attached hydrogens (tertiary/aromatic N) is 2. The Kier molecular flexibility index (Phi) is 9.04. The number of carbonyl (C=O) groups excluding carboxylic acids is 2. The first kappa shape index (κ1) is 28.6. The lowest BCUT2D eigenvalue weighted by atomic mass is 10.1. The lowest BCUT2D eigenvalue weighted by molar-refractivity contribution is -0.155. The number of rotatable bonds is 10. The Hall–Kier alpha value is -4.01. The van der Waals surface area contributed by atoms with Crippen LogP contribution in [-0.4, -0.2) is 43.5 Å². The maximum Gasteiger partial charge on any atom is 0.309 e. The third-order valence-corrected chi connectivity index (χ3v) is 6.67. The van der Waals surface area contributed by atoms with Crippen LogP contribution in [0.4, 0.5) is 5.69 Å². The SMILES string of the molecule is CC(=O)Nc1ccc(S(=O)(=O)NC(C#N)CC(=O)OC(C)(C)C)c(OCCc2cccc3ncccc23)c1. The molecule has 2 aromatic carbocycles. The highest BCUT2D eigenvalue weighted by molar-refractivity contribution is 7.89. The number of nitrogens with one attached hydrogen (secondary N) is 2. The Bertz CT molecular complexity index is 1470. The van der Waals surface area contributed by atoms with Gasteiger partial charge in [0.15, 0.2) is 0 Å². The van der Waals surface area contributed by atoms with E-state index in [1.54, 1.807) is 33.0 Å². The third kappa shape index (κ3) is 7.99. The number of fused-ring (bicyclic) bond motifs is 1. The molecule has 1 amide bonds. The molecule has 3 aromatic rings. The molecular weight excluding hydrogens is 508 g/mol. The number of carbonyl (C=O) groups is 2. The smallest absolute Gasteiger partial charge is 0.309 e. The van der Waals surface area contributed by atoms with E-state index in [9.17, 15) is 23.3 Å². The topological polar surface area (TPSA) is 147 Å². The van der Waals surface area contributed by atoms with Crippen molar-refractivity contribution in [3.8, 4) is 11.8 Å². The van der Waals surface area contributed by atoms with Gasteiger partial charge in [0, 0.05) is 36.7 Å². The summed E-state index contributed by atoms with van der Waals surface area (Å²) in [6, 6.07) is 14.0. The average Bonchev–Trinajstić information content (AvgIpc) is 2.82. The van der Waals surface area contributed by atoms with Gasteiger partial charge in [0.2, 0.25) is 15.9 Å². The van der Waals surface area contributed by atoms with Crippen molar-refractivity contribution in [1.29, 1.82) is 5.26 Å². The highest BCUT2D eigenvalue weighted by atomic mass is 32.2.